The van der Waals surface area contributed by atoms with Crippen molar-refractivity contribution in [3.05, 3.63) is 39.0 Å². The molecule has 1 heterocycles. The molecule has 82 valence electrons. The minimum atomic E-state index is -0.634. The standard InChI is InChI=1S/C9H7BrN4O2/c1-6(10)5-13-9-8(14(15)16)7(4-11)2-3-12-9/h2-3H,1,5H2,(H,12,13). The van der Waals surface area contributed by atoms with E-state index in [-0.39, 0.29) is 17.1 Å². The summed E-state index contributed by atoms with van der Waals surface area (Å²) < 4.78 is 0.631. The predicted molar refractivity (Wildman–Crippen MR) is 62.2 cm³/mol. The minimum absolute atomic E-state index is 0.0253. The zero-order chi connectivity index (χ0) is 12.1. The van der Waals surface area contributed by atoms with Gasteiger partial charge in [0.2, 0.25) is 5.82 Å². The average molecular weight is 283 g/mol. The van der Waals surface area contributed by atoms with E-state index in [0.717, 1.165) is 0 Å². The molecule has 7 heteroatoms. The van der Waals surface area contributed by atoms with E-state index in [1.54, 1.807) is 6.07 Å². The van der Waals surface area contributed by atoms with Crippen molar-refractivity contribution in [1.82, 2.24) is 4.98 Å². The first-order valence-electron chi connectivity index (χ1n) is 4.17. The minimum Gasteiger partial charge on any atom is -0.360 e. The summed E-state index contributed by atoms with van der Waals surface area (Å²) in [6.07, 6.45) is 1.34. The zero-order valence-electron chi connectivity index (χ0n) is 8.11. The molecular formula is C9H7BrN4O2. The van der Waals surface area contributed by atoms with Crippen LogP contribution in [0.15, 0.2) is 23.3 Å². The number of nitrogens with one attached hydrogen (secondary N) is 1. The van der Waals surface area contributed by atoms with E-state index in [9.17, 15) is 10.1 Å². The van der Waals surface area contributed by atoms with Gasteiger partial charge in [-0.05, 0) is 6.07 Å². The average Bonchev–Trinajstić information content (AvgIpc) is 2.25. The molecule has 0 unspecified atom stereocenters. The molecule has 0 spiro atoms. The Hall–Kier alpha value is -1.94. The van der Waals surface area contributed by atoms with Crippen molar-refractivity contribution >= 4 is 27.4 Å². The first kappa shape index (κ1) is 12.1. The van der Waals surface area contributed by atoms with Gasteiger partial charge in [-0.2, -0.15) is 5.26 Å². The molecule has 0 atom stereocenters. The van der Waals surface area contributed by atoms with Gasteiger partial charge in [0.05, 0.1) is 4.92 Å². The number of anilines is 1. The Bertz CT molecular complexity index is 481. The van der Waals surface area contributed by atoms with Crippen molar-refractivity contribution < 1.29 is 4.92 Å². The second-order valence-corrected chi connectivity index (χ2v) is 3.92. The molecule has 1 N–H and O–H groups in total. The quantitative estimate of drug-likeness (QED) is 0.675. The Balaban J connectivity index is 3.13. The van der Waals surface area contributed by atoms with Crippen LogP contribution in [0.3, 0.4) is 0 Å². The maximum absolute atomic E-state index is 10.8. The fourth-order valence-electron chi connectivity index (χ4n) is 1.04. The maximum Gasteiger partial charge on any atom is 0.328 e. The second-order valence-electron chi connectivity index (χ2n) is 2.80. The van der Waals surface area contributed by atoms with Crippen molar-refractivity contribution in [1.29, 1.82) is 5.26 Å². The van der Waals surface area contributed by atoms with Crippen LogP contribution < -0.4 is 5.32 Å². The third-order valence-electron chi connectivity index (χ3n) is 1.67. The highest BCUT2D eigenvalue weighted by Gasteiger charge is 2.20. The van der Waals surface area contributed by atoms with Gasteiger partial charge in [0, 0.05) is 17.2 Å². The molecule has 16 heavy (non-hydrogen) atoms. The number of hydrogen-bond donors (Lipinski definition) is 1. The molecule has 0 aromatic carbocycles. The van der Waals surface area contributed by atoms with Gasteiger partial charge in [-0.3, -0.25) is 10.1 Å². The van der Waals surface area contributed by atoms with Gasteiger partial charge < -0.3 is 5.32 Å². The topological polar surface area (TPSA) is 91.8 Å². The summed E-state index contributed by atoms with van der Waals surface area (Å²) in [6.45, 7) is 3.87. The summed E-state index contributed by atoms with van der Waals surface area (Å²) in [5.74, 6) is 0.0599. The molecule has 0 amide bonds. The lowest BCUT2D eigenvalue weighted by Gasteiger charge is -2.05. The zero-order valence-corrected chi connectivity index (χ0v) is 9.69. The lowest BCUT2D eigenvalue weighted by atomic mass is 10.2. The lowest BCUT2D eigenvalue weighted by Crippen LogP contribution is -2.07. The van der Waals surface area contributed by atoms with E-state index in [1.807, 2.05) is 0 Å². The molecule has 1 aromatic heterocycles. The number of nitro groups is 1. The van der Waals surface area contributed by atoms with E-state index in [0.29, 0.717) is 11.0 Å². The summed E-state index contributed by atoms with van der Waals surface area (Å²) in [5, 5.41) is 22.2. The third-order valence-corrected chi connectivity index (χ3v) is 1.96. The van der Waals surface area contributed by atoms with Crippen molar-refractivity contribution in [2.24, 2.45) is 0 Å². The molecule has 0 saturated carbocycles. The maximum atomic E-state index is 10.8. The second kappa shape index (κ2) is 5.23. The fourth-order valence-corrected chi connectivity index (χ4v) is 1.18. The van der Waals surface area contributed by atoms with Crippen LogP contribution in [-0.4, -0.2) is 16.5 Å². The Kier molecular flexibility index (Phi) is 3.96. The van der Waals surface area contributed by atoms with Crippen molar-refractivity contribution in [2.45, 2.75) is 0 Å². The van der Waals surface area contributed by atoms with E-state index < -0.39 is 4.92 Å². The Morgan fingerprint density at radius 3 is 3.00 bits per heavy atom. The van der Waals surface area contributed by atoms with Gasteiger partial charge >= 0.3 is 5.69 Å². The molecule has 6 nitrogen and oxygen atoms in total. The Labute approximate surface area is 99.9 Å². The molecule has 0 aliphatic heterocycles. The van der Waals surface area contributed by atoms with Crippen LogP contribution in [0.1, 0.15) is 5.56 Å². The van der Waals surface area contributed by atoms with E-state index in [4.69, 9.17) is 5.26 Å². The molecule has 1 rings (SSSR count). The van der Waals surface area contributed by atoms with Gasteiger partial charge in [0.15, 0.2) is 0 Å². The van der Waals surface area contributed by atoms with Crippen LogP contribution in [-0.2, 0) is 0 Å². The summed E-state index contributed by atoms with van der Waals surface area (Å²) in [4.78, 5) is 14.0. The highest BCUT2D eigenvalue weighted by Crippen LogP contribution is 2.25. The summed E-state index contributed by atoms with van der Waals surface area (Å²) >= 11 is 3.11. The summed E-state index contributed by atoms with van der Waals surface area (Å²) in [5.41, 5.74) is -0.346. The number of nitrogens with zero attached hydrogens (tertiary/aromatic N) is 3. The highest BCUT2D eigenvalue weighted by molar-refractivity contribution is 9.11. The van der Waals surface area contributed by atoms with E-state index >= 15 is 0 Å². The van der Waals surface area contributed by atoms with Crippen LogP contribution in [0.25, 0.3) is 0 Å². The van der Waals surface area contributed by atoms with E-state index in [1.165, 1.54) is 12.3 Å². The molecule has 1 aromatic rings. The monoisotopic (exact) mass is 282 g/mol. The first-order valence-corrected chi connectivity index (χ1v) is 4.96. The van der Waals surface area contributed by atoms with Crippen molar-refractivity contribution in [3.8, 4) is 6.07 Å². The molecule has 0 saturated heterocycles. The Morgan fingerprint density at radius 1 is 1.81 bits per heavy atom. The van der Waals surface area contributed by atoms with Gasteiger partial charge in [0.1, 0.15) is 11.6 Å². The number of nitriles is 1. The number of rotatable bonds is 4. The summed E-state index contributed by atoms with van der Waals surface area (Å²) in [7, 11) is 0. The molecule has 0 bridgehead atoms. The van der Waals surface area contributed by atoms with Gasteiger partial charge in [-0.1, -0.05) is 22.5 Å². The van der Waals surface area contributed by atoms with Crippen molar-refractivity contribution in [3.63, 3.8) is 0 Å². The molecule has 0 fully saturated rings. The highest BCUT2D eigenvalue weighted by atomic mass is 79.9. The molecule has 0 aliphatic rings. The van der Waals surface area contributed by atoms with Gasteiger partial charge in [-0.15, -0.1) is 0 Å². The normalized spacial score (nSPS) is 9.25. The van der Waals surface area contributed by atoms with Crippen LogP contribution in [0, 0.1) is 21.4 Å². The van der Waals surface area contributed by atoms with Gasteiger partial charge in [-0.25, -0.2) is 4.98 Å². The molecule has 0 aliphatic carbocycles. The van der Waals surface area contributed by atoms with Crippen molar-refractivity contribution in [2.75, 3.05) is 11.9 Å². The third kappa shape index (κ3) is 2.77. The van der Waals surface area contributed by atoms with Crippen LogP contribution in [0.2, 0.25) is 0 Å². The Morgan fingerprint density at radius 2 is 2.50 bits per heavy atom. The number of hydrogen-bond acceptors (Lipinski definition) is 5. The first-order chi connectivity index (χ1) is 7.56. The molecule has 0 radical (unpaired) electrons. The van der Waals surface area contributed by atoms with Crippen LogP contribution >= 0.6 is 15.9 Å². The molecular weight excluding hydrogens is 276 g/mol. The number of halogens is 1. The van der Waals surface area contributed by atoms with Gasteiger partial charge in [0.25, 0.3) is 0 Å². The predicted octanol–water partition coefficient (Wildman–Crippen LogP) is 2.18. The fraction of sp³-hybridized carbons (Fsp3) is 0.111. The SMILES string of the molecule is C=C(Br)CNc1nccc(C#N)c1[N+](=O)[O-]. The lowest BCUT2D eigenvalue weighted by molar-refractivity contribution is -0.384. The van der Waals surface area contributed by atoms with E-state index in [2.05, 4.69) is 32.8 Å². The largest absolute Gasteiger partial charge is 0.360 e. The number of aromatic nitrogens is 1. The van der Waals surface area contributed by atoms with Crippen LogP contribution in [0.5, 0.6) is 0 Å². The van der Waals surface area contributed by atoms with Crippen LogP contribution in [0.4, 0.5) is 11.5 Å². The summed E-state index contributed by atoms with van der Waals surface area (Å²) in [6, 6.07) is 3.05. The number of pyridine rings is 1. The smallest absolute Gasteiger partial charge is 0.328 e.